The number of halogens is 1. The van der Waals surface area contributed by atoms with E-state index in [1.165, 1.54) is 0 Å². The maximum Gasteiger partial charge on any atom is 0.227 e. The molecule has 1 aromatic heterocycles. The fourth-order valence-corrected chi connectivity index (χ4v) is 2.90. The molecule has 1 amide bonds. The summed E-state index contributed by atoms with van der Waals surface area (Å²) in [5.41, 5.74) is 2.93. The Hall–Kier alpha value is -2.04. The number of aliphatic hydroxyl groups is 1. The maximum absolute atomic E-state index is 12.2. The van der Waals surface area contributed by atoms with Crippen LogP contribution in [0.5, 0.6) is 0 Å². The van der Waals surface area contributed by atoms with E-state index < -0.39 is 0 Å². The summed E-state index contributed by atoms with van der Waals surface area (Å²) >= 11 is 6.07. The van der Waals surface area contributed by atoms with Crippen LogP contribution in [0, 0.1) is 0 Å². The van der Waals surface area contributed by atoms with Crippen molar-refractivity contribution in [1.29, 1.82) is 0 Å². The molecule has 3 aromatic rings. The third-order valence-electron chi connectivity index (χ3n) is 4.14. The number of carbonyl (C=O) groups excluding carboxylic acids is 1. The smallest absolute Gasteiger partial charge is 0.227 e. The zero-order valence-corrected chi connectivity index (χ0v) is 13.8. The van der Waals surface area contributed by atoms with Crippen LogP contribution in [0.3, 0.4) is 0 Å². The number of fused-ring (bicyclic) bond motifs is 3. The van der Waals surface area contributed by atoms with Gasteiger partial charge in [0.25, 0.3) is 0 Å². The summed E-state index contributed by atoms with van der Waals surface area (Å²) < 4.78 is 0. The van der Waals surface area contributed by atoms with Crippen LogP contribution in [0.4, 0.5) is 0 Å². The van der Waals surface area contributed by atoms with Crippen LogP contribution in [-0.4, -0.2) is 28.6 Å². The monoisotopic (exact) mass is 330 g/mol. The van der Waals surface area contributed by atoms with Gasteiger partial charge in [-0.2, -0.15) is 0 Å². The van der Waals surface area contributed by atoms with Crippen LogP contribution < -0.4 is 5.32 Å². The van der Waals surface area contributed by atoms with Crippen LogP contribution in [0.1, 0.15) is 25.3 Å². The highest BCUT2D eigenvalue weighted by molar-refractivity contribution is 6.31. The number of aliphatic hydroxyl groups excluding tert-OH is 1. The van der Waals surface area contributed by atoms with E-state index in [4.69, 9.17) is 16.7 Å². The Morgan fingerprint density at radius 1 is 1.17 bits per heavy atom. The van der Waals surface area contributed by atoms with Gasteiger partial charge in [0.2, 0.25) is 5.91 Å². The van der Waals surface area contributed by atoms with Gasteiger partial charge in [0.1, 0.15) is 0 Å². The van der Waals surface area contributed by atoms with Gasteiger partial charge < -0.3 is 15.4 Å². The number of benzene rings is 2. The molecular formula is C18H19ClN2O2. The van der Waals surface area contributed by atoms with Gasteiger partial charge in [0.05, 0.1) is 12.5 Å². The highest BCUT2D eigenvalue weighted by Gasteiger charge is 2.18. The van der Waals surface area contributed by atoms with Crippen LogP contribution in [-0.2, 0) is 4.79 Å². The second kappa shape index (κ2) is 6.22. The predicted octanol–water partition coefficient (Wildman–Crippen LogP) is 3.58. The lowest BCUT2D eigenvalue weighted by Gasteiger charge is -2.16. The molecule has 120 valence electrons. The van der Waals surface area contributed by atoms with Crippen LogP contribution >= 0.6 is 11.6 Å². The number of H-pyrrole nitrogens is 1. The third kappa shape index (κ3) is 3.05. The molecule has 5 heteroatoms. The van der Waals surface area contributed by atoms with Crippen molar-refractivity contribution < 1.29 is 9.90 Å². The number of hydrogen-bond donors (Lipinski definition) is 3. The quantitative estimate of drug-likeness (QED) is 0.684. The molecule has 2 aromatic carbocycles. The molecule has 0 saturated carbocycles. The van der Waals surface area contributed by atoms with Gasteiger partial charge in [-0.25, -0.2) is 0 Å². The van der Waals surface area contributed by atoms with Crippen LogP contribution in [0.25, 0.3) is 21.8 Å². The van der Waals surface area contributed by atoms with E-state index >= 15 is 0 Å². The molecule has 0 aliphatic carbocycles. The van der Waals surface area contributed by atoms with Crippen molar-refractivity contribution in [2.75, 3.05) is 6.61 Å². The van der Waals surface area contributed by atoms with Gasteiger partial charge in [-0.15, -0.1) is 0 Å². The first-order chi connectivity index (χ1) is 11.0. The number of carbonyl (C=O) groups is 1. The Kier molecular flexibility index (Phi) is 4.28. The van der Waals surface area contributed by atoms with Crippen molar-refractivity contribution in [2.45, 2.75) is 25.8 Å². The average molecular weight is 331 g/mol. The molecule has 0 aliphatic heterocycles. The number of aromatic nitrogens is 1. The van der Waals surface area contributed by atoms with Gasteiger partial charge >= 0.3 is 0 Å². The minimum atomic E-state index is -0.289. The molecule has 0 saturated heterocycles. The summed E-state index contributed by atoms with van der Waals surface area (Å²) in [5, 5.41) is 14.7. The summed E-state index contributed by atoms with van der Waals surface area (Å²) in [7, 11) is 0. The number of amides is 1. The van der Waals surface area contributed by atoms with Crippen molar-refractivity contribution in [3.8, 4) is 0 Å². The van der Waals surface area contributed by atoms with E-state index in [2.05, 4.69) is 10.3 Å². The number of nitrogens with one attached hydrogen (secondary N) is 2. The Morgan fingerprint density at radius 3 is 2.70 bits per heavy atom. The molecule has 1 unspecified atom stereocenters. The maximum atomic E-state index is 12.2. The topological polar surface area (TPSA) is 65.1 Å². The summed E-state index contributed by atoms with van der Waals surface area (Å²) in [6.07, 6.45) is 0. The summed E-state index contributed by atoms with van der Waals surface area (Å²) in [6, 6.07) is 11.5. The van der Waals surface area contributed by atoms with Crippen molar-refractivity contribution in [3.63, 3.8) is 0 Å². The lowest BCUT2D eigenvalue weighted by molar-refractivity contribution is -0.123. The van der Waals surface area contributed by atoms with E-state index in [1.807, 2.05) is 43.3 Å². The molecule has 3 N–H and O–H groups in total. The Morgan fingerprint density at radius 2 is 1.96 bits per heavy atom. The standard InChI is InChI=1S/C18H19ClN2O2/c1-10(9-22)20-18(23)11(2)12-3-5-14-15-8-13(19)4-6-16(15)21-17(14)7-12/h3-8,10-11,21-22H,9H2,1-2H3,(H,20,23)/t10-,11?/m0/s1. The van der Waals surface area contributed by atoms with Crippen molar-refractivity contribution in [3.05, 3.63) is 47.0 Å². The molecule has 1 heterocycles. The molecule has 3 rings (SSSR count). The number of rotatable bonds is 4. The van der Waals surface area contributed by atoms with Crippen LogP contribution in [0.2, 0.25) is 5.02 Å². The molecule has 0 spiro atoms. The third-order valence-corrected chi connectivity index (χ3v) is 4.38. The molecule has 0 bridgehead atoms. The SMILES string of the molecule is CC(C(=O)N[C@@H](C)CO)c1ccc2c(c1)[nH]c1ccc(Cl)cc12. The Bertz CT molecular complexity index is 872. The zero-order chi connectivity index (χ0) is 16.6. The van der Waals surface area contributed by atoms with E-state index in [0.717, 1.165) is 27.4 Å². The van der Waals surface area contributed by atoms with Gasteiger partial charge in [-0.3, -0.25) is 4.79 Å². The first-order valence-corrected chi connectivity index (χ1v) is 7.99. The van der Waals surface area contributed by atoms with Gasteiger partial charge in [0.15, 0.2) is 0 Å². The van der Waals surface area contributed by atoms with Crippen molar-refractivity contribution in [1.82, 2.24) is 10.3 Å². The first kappa shape index (κ1) is 15.8. The zero-order valence-electron chi connectivity index (χ0n) is 13.1. The molecule has 4 nitrogen and oxygen atoms in total. The summed E-state index contributed by atoms with van der Waals surface area (Å²) in [5.74, 6) is -0.381. The highest BCUT2D eigenvalue weighted by atomic mass is 35.5. The van der Waals surface area contributed by atoms with Crippen molar-refractivity contribution in [2.24, 2.45) is 0 Å². The minimum Gasteiger partial charge on any atom is -0.394 e. The lowest BCUT2D eigenvalue weighted by atomic mass is 9.98. The first-order valence-electron chi connectivity index (χ1n) is 7.61. The largest absolute Gasteiger partial charge is 0.394 e. The fourth-order valence-electron chi connectivity index (χ4n) is 2.73. The molecular weight excluding hydrogens is 312 g/mol. The summed E-state index contributed by atoms with van der Waals surface area (Å²) in [6.45, 7) is 3.57. The molecule has 0 aliphatic rings. The Balaban J connectivity index is 1.96. The van der Waals surface area contributed by atoms with E-state index in [9.17, 15) is 4.79 Å². The molecule has 23 heavy (non-hydrogen) atoms. The van der Waals surface area contributed by atoms with Gasteiger partial charge in [-0.05, 0) is 43.7 Å². The fraction of sp³-hybridized carbons (Fsp3) is 0.278. The summed E-state index contributed by atoms with van der Waals surface area (Å²) in [4.78, 5) is 15.6. The van der Waals surface area contributed by atoms with E-state index in [-0.39, 0.29) is 24.5 Å². The second-order valence-electron chi connectivity index (χ2n) is 5.93. The normalized spacial score (nSPS) is 14.1. The van der Waals surface area contributed by atoms with Gasteiger partial charge in [-0.1, -0.05) is 23.7 Å². The molecule has 2 atom stereocenters. The number of aromatic amines is 1. The minimum absolute atomic E-state index is 0.0692. The molecule has 0 fully saturated rings. The van der Waals surface area contributed by atoms with E-state index in [1.54, 1.807) is 6.92 Å². The average Bonchev–Trinajstić information content (AvgIpc) is 2.90. The van der Waals surface area contributed by atoms with Crippen LogP contribution in [0.15, 0.2) is 36.4 Å². The van der Waals surface area contributed by atoms with Gasteiger partial charge in [0, 0.05) is 32.9 Å². The van der Waals surface area contributed by atoms with Crippen molar-refractivity contribution >= 4 is 39.3 Å². The second-order valence-corrected chi connectivity index (χ2v) is 6.37. The lowest BCUT2D eigenvalue weighted by Crippen LogP contribution is -2.37. The number of hydrogen-bond acceptors (Lipinski definition) is 2. The highest BCUT2D eigenvalue weighted by Crippen LogP contribution is 2.30. The predicted molar refractivity (Wildman–Crippen MR) is 93.9 cm³/mol. The molecule has 0 radical (unpaired) electrons. The Labute approximate surface area is 139 Å². The van der Waals surface area contributed by atoms with E-state index in [0.29, 0.717) is 5.02 Å².